The molecule has 70 heavy (non-hydrogen) atoms. The Labute approximate surface area is 438 Å². The van der Waals surface area contributed by atoms with Crippen molar-refractivity contribution in [2.75, 3.05) is 13.2 Å². The van der Waals surface area contributed by atoms with Crippen LogP contribution in [-0.2, 0) is 14.3 Å². The molecule has 0 aromatic heterocycles. The van der Waals surface area contributed by atoms with Gasteiger partial charge in [0.1, 0.15) is 0 Å². The van der Waals surface area contributed by atoms with Gasteiger partial charge in [0.05, 0.1) is 25.4 Å². The van der Waals surface area contributed by atoms with Crippen molar-refractivity contribution in [3.8, 4) is 0 Å². The summed E-state index contributed by atoms with van der Waals surface area (Å²) in [4.78, 5) is 24.6. The summed E-state index contributed by atoms with van der Waals surface area (Å²) in [6.07, 6.45) is 71.1. The van der Waals surface area contributed by atoms with Crippen LogP contribution in [-0.4, -0.2) is 47.4 Å². The Morgan fingerprint density at radius 1 is 0.343 bits per heavy atom. The molecule has 0 aromatic rings. The van der Waals surface area contributed by atoms with E-state index in [9.17, 15) is 19.8 Å². The number of ether oxygens (including phenoxy) is 1. The molecule has 0 radical (unpaired) electrons. The van der Waals surface area contributed by atoms with E-state index in [1.54, 1.807) is 0 Å². The van der Waals surface area contributed by atoms with E-state index in [0.29, 0.717) is 25.9 Å². The smallest absolute Gasteiger partial charge is 0.305 e. The molecule has 0 fully saturated rings. The summed E-state index contributed by atoms with van der Waals surface area (Å²) < 4.78 is 5.50. The van der Waals surface area contributed by atoms with Crippen molar-refractivity contribution in [3.05, 3.63) is 0 Å². The first-order valence-electron chi connectivity index (χ1n) is 32.3. The number of esters is 1. The number of aliphatic hydroxyl groups is 2. The van der Waals surface area contributed by atoms with Crippen LogP contribution in [0.5, 0.6) is 0 Å². The zero-order valence-corrected chi connectivity index (χ0v) is 47.8. The second-order valence-electron chi connectivity index (χ2n) is 22.5. The van der Waals surface area contributed by atoms with Crippen LogP contribution < -0.4 is 5.32 Å². The fourth-order valence-electron chi connectivity index (χ4n) is 10.5. The number of nitrogens with one attached hydrogen (secondary N) is 1. The molecule has 3 N–H and O–H groups in total. The minimum atomic E-state index is -0.667. The SMILES string of the molecule is CCCCCCCCCCCCCCCCCCCCCC(O)C(CO)NC(=O)CCCCCCCCCCCCCCCCCCCOC(=O)CCCCCCCCCCCCCCCCCCC. The Bertz CT molecular complexity index is 1010. The topological polar surface area (TPSA) is 95.9 Å². The van der Waals surface area contributed by atoms with Crippen LogP contribution in [0, 0.1) is 0 Å². The molecule has 0 heterocycles. The summed E-state index contributed by atoms with van der Waals surface area (Å²) in [5, 5.41) is 23.4. The van der Waals surface area contributed by atoms with Crippen LogP contribution in [0.3, 0.4) is 0 Å². The highest BCUT2D eigenvalue weighted by molar-refractivity contribution is 5.76. The van der Waals surface area contributed by atoms with Crippen molar-refractivity contribution < 1.29 is 24.5 Å². The molecular weight excluding hydrogens is 863 g/mol. The molecule has 0 aromatic carbocycles. The molecule has 0 aliphatic heterocycles. The van der Waals surface area contributed by atoms with Crippen LogP contribution in [0.4, 0.5) is 0 Å². The monoisotopic (exact) mass is 990 g/mol. The summed E-state index contributed by atoms with van der Waals surface area (Å²) in [6.45, 7) is 4.99. The molecule has 0 aliphatic rings. The van der Waals surface area contributed by atoms with Gasteiger partial charge in [-0.2, -0.15) is 0 Å². The third-order valence-electron chi connectivity index (χ3n) is 15.4. The predicted molar refractivity (Wildman–Crippen MR) is 306 cm³/mol. The first kappa shape index (κ1) is 68.9. The zero-order chi connectivity index (χ0) is 50.7. The lowest BCUT2D eigenvalue weighted by Gasteiger charge is -2.22. The number of unbranched alkanes of at least 4 members (excludes halogenated alkanes) is 50. The van der Waals surface area contributed by atoms with E-state index in [1.165, 1.54) is 302 Å². The largest absolute Gasteiger partial charge is 0.466 e. The summed E-state index contributed by atoms with van der Waals surface area (Å²) in [5.41, 5.74) is 0. The Hall–Kier alpha value is -1.14. The number of rotatable bonds is 61. The first-order valence-corrected chi connectivity index (χ1v) is 32.3. The van der Waals surface area contributed by atoms with Crippen molar-refractivity contribution in [2.45, 2.75) is 386 Å². The highest BCUT2D eigenvalue weighted by Gasteiger charge is 2.20. The lowest BCUT2D eigenvalue weighted by atomic mass is 10.0. The number of aliphatic hydroxyl groups excluding tert-OH is 2. The molecule has 2 unspecified atom stereocenters. The van der Waals surface area contributed by atoms with E-state index in [0.717, 1.165) is 38.5 Å². The van der Waals surface area contributed by atoms with Gasteiger partial charge in [-0.05, 0) is 25.7 Å². The van der Waals surface area contributed by atoms with Crippen LogP contribution in [0.2, 0.25) is 0 Å². The van der Waals surface area contributed by atoms with E-state index in [4.69, 9.17) is 4.74 Å². The standard InChI is InChI=1S/C64H127NO5/c1-3-5-7-9-11-13-15-17-19-21-22-25-28-32-36-40-44-48-52-56-62(67)61(60-66)65-63(68)57-53-49-45-41-37-33-29-26-23-27-31-35-39-43-47-51-55-59-70-64(69)58-54-50-46-42-38-34-30-24-20-18-16-14-12-10-8-6-4-2/h61-62,66-67H,3-60H2,1-2H3,(H,65,68). The highest BCUT2D eigenvalue weighted by Crippen LogP contribution is 2.19. The Kier molecular flexibility index (Phi) is 59.4. The quantitative estimate of drug-likeness (QED) is 0.0417. The maximum absolute atomic E-state index is 12.5. The average Bonchev–Trinajstić information content (AvgIpc) is 3.36. The van der Waals surface area contributed by atoms with Gasteiger partial charge >= 0.3 is 5.97 Å². The minimum absolute atomic E-state index is 0.0108. The second-order valence-corrected chi connectivity index (χ2v) is 22.5. The molecular formula is C64H127NO5. The normalized spacial score (nSPS) is 12.5. The number of hydrogen-bond acceptors (Lipinski definition) is 5. The van der Waals surface area contributed by atoms with Crippen LogP contribution >= 0.6 is 0 Å². The first-order chi connectivity index (χ1) is 34.5. The Morgan fingerprint density at radius 2 is 0.586 bits per heavy atom. The molecule has 1 amide bonds. The molecule has 0 spiro atoms. The molecule has 2 atom stereocenters. The van der Waals surface area contributed by atoms with Gasteiger partial charge in [0.25, 0.3) is 0 Å². The Balaban J connectivity index is 3.39. The number of carbonyl (C=O) groups excluding carboxylic acids is 2. The predicted octanol–water partition coefficient (Wildman–Crippen LogP) is 20.3. The maximum atomic E-state index is 12.5. The van der Waals surface area contributed by atoms with Crippen molar-refractivity contribution in [2.24, 2.45) is 0 Å². The second kappa shape index (κ2) is 60.4. The molecule has 0 saturated carbocycles. The van der Waals surface area contributed by atoms with Crippen molar-refractivity contribution >= 4 is 11.9 Å². The fraction of sp³-hybridized carbons (Fsp3) is 0.969. The van der Waals surface area contributed by atoms with Gasteiger partial charge in [-0.25, -0.2) is 0 Å². The average molecular weight is 991 g/mol. The number of hydrogen-bond donors (Lipinski definition) is 3. The van der Waals surface area contributed by atoms with E-state index in [1.807, 2.05) is 0 Å². The van der Waals surface area contributed by atoms with Gasteiger partial charge in [0, 0.05) is 12.8 Å². The highest BCUT2D eigenvalue weighted by atomic mass is 16.5. The van der Waals surface area contributed by atoms with Crippen molar-refractivity contribution in [1.82, 2.24) is 5.32 Å². The van der Waals surface area contributed by atoms with E-state index < -0.39 is 12.1 Å². The molecule has 0 rings (SSSR count). The van der Waals surface area contributed by atoms with E-state index in [2.05, 4.69) is 19.2 Å². The van der Waals surface area contributed by atoms with Crippen molar-refractivity contribution in [1.29, 1.82) is 0 Å². The molecule has 0 saturated heterocycles. The third-order valence-corrected chi connectivity index (χ3v) is 15.4. The van der Waals surface area contributed by atoms with Gasteiger partial charge in [-0.1, -0.05) is 335 Å². The number of carbonyl (C=O) groups is 2. The summed E-state index contributed by atoms with van der Waals surface area (Å²) >= 11 is 0. The lowest BCUT2D eigenvalue weighted by molar-refractivity contribution is -0.143. The van der Waals surface area contributed by atoms with Crippen LogP contribution in [0.1, 0.15) is 373 Å². The van der Waals surface area contributed by atoms with Gasteiger partial charge in [0.15, 0.2) is 0 Å². The van der Waals surface area contributed by atoms with E-state index >= 15 is 0 Å². The fourth-order valence-corrected chi connectivity index (χ4v) is 10.5. The van der Waals surface area contributed by atoms with Gasteiger partial charge in [0.2, 0.25) is 5.91 Å². The van der Waals surface area contributed by atoms with Crippen LogP contribution in [0.15, 0.2) is 0 Å². The maximum Gasteiger partial charge on any atom is 0.305 e. The summed E-state index contributed by atoms with van der Waals surface area (Å²) in [7, 11) is 0. The van der Waals surface area contributed by atoms with Crippen LogP contribution in [0.25, 0.3) is 0 Å². The molecule has 418 valence electrons. The summed E-state index contributed by atoms with van der Waals surface area (Å²) in [5.74, 6) is -0.0248. The van der Waals surface area contributed by atoms with Gasteiger partial charge in [-0.3, -0.25) is 9.59 Å². The Morgan fingerprint density at radius 3 is 0.871 bits per heavy atom. The molecule has 6 nitrogen and oxygen atoms in total. The number of amides is 1. The van der Waals surface area contributed by atoms with Crippen molar-refractivity contribution in [3.63, 3.8) is 0 Å². The molecule has 0 bridgehead atoms. The molecule has 6 heteroatoms. The lowest BCUT2D eigenvalue weighted by Crippen LogP contribution is -2.45. The van der Waals surface area contributed by atoms with E-state index in [-0.39, 0.29) is 18.5 Å². The van der Waals surface area contributed by atoms with Gasteiger partial charge < -0.3 is 20.3 Å². The minimum Gasteiger partial charge on any atom is -0.466 e. The third kappa shape index (κ3) is 56.2. The zero-order valence-electron chi connectivity index (χ0n) is 47.8. The summed E-state index contributed by atoms with van der Waals surface area (Å²) in [6, 6.07) is -0.545. The van der Waals surface area contributed by atoms with Gasteiger partial charge in [-0.15, -0.1) is 0 Å². The molecule has 0 aliphatic carbocycles.